The summed E-state index contributed by atoms with van der Waals surface area (Å²) in [6.07, 6.45) is -0.729. The van der Waals surface area contributed by atoms with Gasteiger partial charge in [-0.05, 0) is 58.4 Å². The standard InChI is InChI=1S/C16H14BrFN2O2/c17-15-7-11(8-19)1-6-16(15)20-9-13(21)10-22-14-4-2-12(18)3-5-14/h1-7,13,20-21H,9-10H2. The highest BCUT2D eigenvalue weighted by molar-refractivity contribution is 9.10. The zero-order valence-electron chi connectivity index (χ0n) is 11.6. The molecule has 2 aromatic carbocycles. The molecule has 4 nitrogen and oxygen atoms in total. The fourth-order valence-corrected chi connectivity index (χ4v) is 2.26. The lowest BCUT2D eigenvalue weighted by atomic mass is 10.2. The van der Waals surface area contributed by atoms with E-state index in [1.165, 1.54) is 24.3 Å². The summed E-state index contributed by atoms with van der Waals surface area (Å²) in [4.78, 5) is 0. The van der Waals surface area contributed by atoms with Gasteiger partial charge >= 0.3 is 0 Å². The number of halogens is 2. The second-order valence-electron chi connectivity index (χ2n) is 4.61. The van der Waals surface area contributed by atoms with Gasteiger partial charge in [-0.3, -0.25) is 0 Å². The Morgan fingerprint density at radius 3 is 2.64 bits per heavy atom. The van der Waals surface area contributed by atoms with Crippen LogP contribution in [0.2, 0.25) is 0 Å². The Balaban J connectivity index is 1.81. The molecule has 6 heteroatoms. The van der Waals surface area contributed by atoms with Gasteiger partial charge in [0.25, 0.3) is 0 Å². The molecule has 1 unspecified atom stereocenters. The van der Waals surface area contributed by atoms with Crippen molar-refractivity contribution in [2.75, 3.05) is 18.5 Å². The summed E-state index contributed by atoms with van der Waals surface area (Å²) in [5, 5.41) is 21.7. The zero-order chi connectivity index (χ0) is 15.9. The number of hydrogen-bond acceptors (Lipinski definition) is 4. The van der Waals surface area contributed by atoms with E-state index in [0.717, 1.165) is 10.2 Å². The Hall–Kier alpha value is -2.10. The van der Waals surface area contributed by atoms with Crippen LogP contribution in [-0.4, -0.2) is 24.4 Å². The van der Waals surface area contributed by atoms with Crippen LogP contribution in [0.15, 0.2) is 46.9 Å². The second-order valence-corrected chi connectivity index (χ2v) is 5.46. The average Bonchev–Trinajstić information content (AvgIpc) is 2.53. The first-order valence-electron chi connectivity index (χ1n) is 6.58. The first kappa shape index (κ1) is 16.3. The summed E-state index contributed by atoms with van der Waals surface area (Å²) in [6.45, 7) is 0.373. The van der Waals surface area contributed by atoms with Crippen molar-refractivity contribution in [1.82, 2.24) is 0 Å². The van der Waals surface area contributed by atoms with Crippen molar-refractivity contribution >= 4 is 21.6 Å². The molecule has 0 fully saturated rings. The number of ether oxygens (including phenoxy) is 1. The van der Waals surface area contributed by atoms with Crippen LogP contribution in [0.25, 0.3) is 0 Å². The molecule has 114 valence electrons. The lowest BCUT2D eigenvalue weighted by molar-refractivity contribution is 0.117. The minimum absolute atomic E-state index is 0.0898. The minimum atomic E-state index is -0.729. The summed E-state index contributed by atoms with van der Waals surface area (Å²) in [5.41, 5.74) is 1.33. The molecule has 0 aliphatic carbocycles. The molecule has 2 aromatic rings. The highest BCUT2D eigenvalue weighted by Crippen LogP contribution is 2.23. The largest absolute Gasteiger partial charge is 0.491 e. The summed E-state index contributed by atoms with van der Waals surface area (Å²) < 4.78 is 18.9. The molecular weight excluding hydrogens is 351 g/mol. The number of nitriles is 1. The van der Waals surface area contributed by atoms with Crippen LogP contribution in [0, 0.1) is 17.1 Å². The van der Waals surface area contributed by atoms with E-state index in [0.29, 0.717) is 11.3 Å². The van der Waals surface area contributed by atoms with Crippen LogP contribution in [0.3, 0.4) is 0 Å². The van der Waals surface area contributed by atoms with E-state index in [-0.39, 0.29) is 19.0 Å². The first-order valence-corrected chi connectivity index (χ1v) is 7.38. The first-order chi connectivity index (χ1) is 10.6. The van der Waals surface area contributed by atoms with Crippen molar-refractivity contribution in [2.45, 2.75) is 6.10 Å². The van der Waals surface area contributed by atoms with Crippen LogP contribution in [0.4, 0.5) is 10.1 Å². The number of rotatable bonds is 6. The molecule has 0 aliphatic rings. The van der Waals surface area contributed by atoms with Crippen LogP contribution < -0.4 is 10.1 Å². The second kappa shape index (κ2) is 7.78. The summed E-state index contributed by atoms with van der Waals surface area (Å²) in [7, 11) is 0. The van der Waals surface area contributed by atoms with Gasteiger partial charge in [0.2, 0.25) is 0 Å². The highest BCUT2D eigenvalue weighted by Gasteiger charge is 2.07. The number of aliphatic hydroxyl groups is 1. The third-order valence-corrected chi connectivity index (χ3v) is 3.54. The smallest absolute Gasteiger partial charge is 0.123 e. The molecule has 0 aliphatic heterocycles. The zero-order valence-corrected chi connectivity index (χ0v) is 13.2. The SMILES string of the molecule is N#Cc1ccc(NCC(O)COc2ccc(F)cc2)c(Br)c1. The molecular formula is C16H14BrFN2O2. The third-order valence-electron chi connectivity index (χ3n) is 2.88. The summed E-state index contributed by atoms with van der Waals surface area (Å²) in [6, 6.07) is 12.8. The molecule has 0 saturated heterocycles. The van der Waals surface area contributed by atoms with Crippen molar-refractivity contribution in [3.63, 3.8) is 0 Å². The van der Waals surface area contributed by atoms with Crippen LogP contribution in [0.1, 0.15) is 5.56 Å². The maximum atomic E-state index is 12.7. The topological polar surface area (TPSA) is 65.3 Å². The van der Waals surface area contributed by atoms with Crippen molar-refractivity contribution in [3.8, 4) is 11.8 Å². The average molecular weight is 365 g/mol. The molecule has 2 N–H and O–H groups in total. The van der Waals surface area contributed by atoms with Gasteiger partial charge in [0.1, 0.15) is 24.3 Å². The highest BCUT2D eigenvalue weighted by atomic mass is 79.9. The third kappa shape index (κ3) is 4.72. The minimum Gasteiger partial charge on any atom is -0.491 e. The summed E-state index contributed by atoms with van der Waals surface area (Å²) in [5.74, 6) is 0.167. The molecule has 0 spiro atoms. The number of nitrogens with zero attached hydrogens (tertiary/aromatic N) is 1. The number of anilines is 1. The van der Waals surface area contributed by atoms with Crippen molar-refractivity contribution in [3.05, 3.63) is 58.3 Å². The lowest BCUT2D eigenvalue weighted by Gasteiger charge is -2.15. The van der Waals surface area contributed by atoms with E-state index < -0.39 is 6.10 Å². The Morgan fingerprint density at radius 1 is 1.27 bits per heavy atom. The normalized spacial score (nSPS) is 11.5. The molecule has 0 heterocycles. The Kier molecular flexibility index (Phi) is 5.75. The van der Waals surface area contributed by atoms with E-state index in [4.69, 9.17) is 10.00 Å². The van der Waals surface area contributed by atoms with Gasteiger partial charge in [-0.2, -0.15) is 5.26 Å². The van der Waals surface area contributed by atoms with Crippen LogP contribution in [0.5, 0.6) is 5.75 Å². The molecule has 22 heavy (non-hydrogen) atoms. The van der Waals surface area contributed by atoms with Gasteiger partial charge < -0.3 is 15.2 Å². The van der Waals surface area contributed by atoms with Gasteiger partial charge in [-0.1, -0.05) is 0 Å². The molecule has 0 bridgehead atoms. The van der Waals surface area contributed by atoms with Crippen molar-refractivity contribution in [2.24, 2.45) is 0 Å². The van der Waals surface area contributed by atoms with Gasteiger partial charge in [0.05, 0.1) is 11.6 Å². The fraction of sp³-hybridized carbons (Fsp3) is 0.188. The predicted octanol–water partition coefficient (Wildman–Crippen LogP) is 3.31. The monoisotopic (exact) mass is 364 g/mol. The van der Waals surface area contributed by atoms with Gasteiger partial charge in [0.15, 0.2) is 0 Å². The van der Waals surface area contributed by atoms with E-state index in [9.17, 15) is 9.50 Å². The quantitative estimate of drug-likeness (QED) is 0.825. The summed E-state index contributed by atoms with van der Waals surface area (Å²) >= 11 is 3.36. The Morgan fingerprint density at radius 2 is 2.00 bits per heavy atom. The lowest BCUT2D eigenvalue weighted by Crippen LogP contribution is -2.26. The van der Waals surface area contributed by atoms with E-state index in [2.05, 4.69) is 21.2 Å². The number of nitrogens with one attached hydrogen (secondary N) is 1. The molecule has 0 saturated carbocycles. The van der Waals surface area contributed by atoms with Gasteiger partial charge in [-0.25, -0.2) is 4.39 Å². The number of hydrogen-bond donors (Lipinski definition) is 2. The van der Waals surface area contributed by atoms with E-state index >= 15 is 0 Å². The number of aliphatic hydroxyl groups excluding tert-OH is 1. The van der Waals surface area contributed by atoms with Crippen LogP contribution in [-0.2, 0) is 0 Å². The van der Waals surface area contributed by atoms with Crippen LogP contribution >= 0.6 is 15.9 Å². The molecule has 0 radical (unpaired) electrons. The molecule has 0 amide bonds. The maximum Gasteiger partial charge on any atom is 0.123 e. The fourth-order valence-electron chi connectivity index (χ4n) is 1.74. The maximum absolute atomic E-state index is 12.7. The van der Waals surface area contributed by atoms with Gasteiger partial charge in [0, 0.05) is 16.7 Å². The van der Waals surface area contributed by atoms with Crippen molar-refractivity contribution < 1.29 is 14.2 Å². The molecule has 2 rings (SSSR count). The Bertz CT molecular complexity index is 671. The molecule has 0 aromatic heterocycles. The number of benzene rings is 2. The van der Waals surface area contributed by atoms with Gasteiger partial charge in [-0.15, -0.1) is 0 Å². The van der Waals surface area contributed by atoms with Crippen molar-refractivity contribution in [1.29, 1.82) is 5.26 Å². The molecule has 1 atom stereocenters. The predicted molar refractivity (Wildman–Crippen MR) is 85.2 cm³/mol. The van der Waals surface area contributed by atoms with E-state index in [1.807, 2.05) is 6.07 Å². The Labute approximate surface area is 136 Å². The van der Waals surface area contributed by atoms with E-state index in [1.54, 1.807) is 18.2 Å².